The normalized spacial score (nSPS) is 24.0. The number of nitrogens with zero attached hydrogens (tertiary/aromatic N) is 1. The summed E-state index contributed by atoms with van der Waals surface area (Å²) in [5.41, 5.74) is 1.12. The second kappa shape index (κ2) is 9.09. The van der Waals surface area contributed by atoms with E-state index in [0.717, 1.165) is 62.0 Å². The number of hydrogen-bond acceptors (Lipinski definition) is 3. The fourth-order valence-electron chi connectivity index (χ4n) is 3.17. The zero-order chi connectivity index (χ0) is 17.5. The average molecular weight is 345 g/mol. The van der Waals surface area contributed by atoms with E-state index in [1.807, 2.05) is 18.2 Å². The van der Waals surface area contributed by atoms with Gasteiger partial charge in [0.25, 0.3) is 0 Å². The molecule has 0 aromatic heterocycles. The Morgan fingerprint density at radius 2 is 1.92 bits per heavy atom. The minimum absolute atomic E-state index is 0.131. The highest BCUT2D eigenvalue weighted by molar-refractivity contribution is 5.80. The first-order valence-electron chi connectivity index (χ1n) is 9.68. The van der Waals surface area contributed by atoms with Gasteiger partial charge in [0, 0.05) is 18.2 Å². The molecule has 5 nitrogen and oxygen atoms in total. The molecule has 2 aliphatic rings. The summed E-state index contributed by atoms with van der Waals surface area (Å²) in [5.74, 6) is 2.55. The van der Waals surface area contributed by atoms with E-state index in [1.165, 1.54) is 12.8 Å². The minimum atomic E-state index is -0.131. The molecule has 0 spiro atoms. The van der Waals surface area contributed by atoms with Crippen molar-refractivity contribution in [3.05, 3.63) is 29.8 Å². The molecule has 0 bridgehead atoms. The van der Waals surface area contributed by atoms with Crippen LogP contribution in [0.15, 0.2) is 29.3 Å². The first kappa shape index (κ1) is 18.1. The Morgan fingerprint density at radius 1 is 1.16 bits per heavy atom. The maximum atomic E-state index is 9.65. The molecule has 0 heterocycles. The van der Waals surface area contributed by atoms with Crippen LogP contribution < -0.4 is 15.4 Å². The number of nitrogens with one attached hydrogen (secondary N) is 2. The van der Waals surface area contributed by atoms with E-state index >= 15 is 0 Å². The van der Waals surface area contributed by atoms with Crippen LogP contribution in [0.4, 0.5) is 0 Å². The lowest BCUT2D eigenvalue weighted by molar-refractivity contribution is 0.120. The summed E-state index contributed by atoms with van der Waals surface area (Å²) in [6.07, 6.45) is 6.19. The van der Waals surface area contributed by atoms with Crippen molar-refractivity contribution in [3.63, 3.8) is 0 Å². The molecule has 2 saturated carbocycles. The van der Waals surface area contributed by atoms with Gasteiger partial charge in [-0.2, -0.15) is 0 Å². The fourth-order valence-corrected chi connectivity index (χ4v) is 3.17. The van der Waals surface area contributed by atoms with Gasteiger partial charge in [0.15, 0.2) is 5.96 Å². The van der Waals surface area contributed by atoms with Gasteiger partial charge >= 0.3 is 0 Å². The van der Waals surface area contributed by atoms with Crippen molar-refractivity contribution in [3.8, 4) is 5.75 Å². The van der Waals surface area contributed by atoms with Gasteiger partial charge in [0.05, 0.1) is 19.3 Å². The maximum Gasteiger partial charge on any atom is 0.191 e. The Kier molecular flexibility index (Phi) is 6.56. The molecule has 1 aromatic rings. The number of aliphatic hydroxyl groups is 1. The number of ether oxygens (including phenoxy) is 1. The lowest BCUT2D eigenvalue weighted by Gasteiger charge is -2.27. The fraction of sp³-hybridized carbons (Fsp3) is 0.650. The van der Waals surface area contributed by atoms with Crippen molar-refractivity contribution in [1.29, 1.82) is 0 Å². The maximum absolute atomic E-state index is 9.65. The highest BCUT2D eigenvalue weighted by atomic mass is 16.5. The van der Waals surface area contributed by atoms with Crippen molar-refractivity contribution in [1.82, 2.24) is 10.6 Å². The smallest absolute Gasteiger partial charge is 0.191 e. The van der Waals surface area contributed by atoms with Gasteiger partial charge in [-0.1, -0.05) is 18.2 Å². The summed E-state index contributed by atoms with van der Waals surface area (Å²) in [6, 6.07) is 8.58. The van der Waals surface area contributed by atoms with Crippen LogP contribution in [0.25, 0.3) is 0 Å². The van der Waals surface area contributed by atoms with E-state index < -0.39 is 0 Å². The average Bonchev–Trinajstić information content (AvgIpc) is 3.45. The number of para-hydroxylation sites is 1. The van der Waals surface area contributed by atoms with E-state index in [2.05, 4.69) is 23.6 Å². The minimum Gasteiger partial charge on any atom is -0.493 e. The van der Waals surface area contributed by atoms with Crippen molar-refractivity contribution in [2.45, 2.75) is 64.1 Å². The summed E-state index contributed by atoms with van der Waals surface area (Å²) >= 11 is 0. The lowest BCUT2D eigenvalue weighted by Crippen LogP contribution is -2.45. The van der Waals surface area contributed by atoms with E-state index in [9.17, 15) is 5.11 Å². The predicted octanol–water partition coefficient (Wildman–Crippen LogP) is 2.83. The van der Waals surface area contributed by atoms with E-state index in [-0.39, 0.29) is 6.10 Å². The zero-order valence-corrected chi connectivity index (χ0v) is 15.2. The molecular formula is C20H31N3O2. The number of aliphatic hydroxyl groups excluding tert-OH is 1. The molecule has 5 heteroatoms. The summed E-state index contributed by atoms with van der Waals surface area (Å²) in [7, 11) is 0. The van der Waals surface area contributed by atoms with Crippen LogP contribution in [-0.2, 0) is 6.54 Å². The Hall–Kier alpha value is -1.75. The monoisotopic (exact) mass is 345 g/mol. The van der Waals surface area contributed by atoms with Crippen molar-refractivity contribution in [2.24, 2.45) is 10.9 Å². The molecule has 0 radical (unpaired) electrons. The third-order valence-electron chi connectivity index (χ3n) is 4.93. The highest BCUT2D eigenvalue weighted by Gasteiger charge is 2.22. The van der Waals surface area contributed by atoms with Crippen LogP contribution in [0.2, 0.25) is 0 Å². The van der Waals surface area contributed by atoms with Crippen LogP contribution in [0.5, 0.6) is 5.75 Å². The second-order valence-electron chi connectivity index (χ2n) is 7.21. The lowest BCUT2D eigenvalue weighted by atomic mass is 9.93. The Morgan fingerprint density at radius 3 is 2.64 bits per heavy atom. The molecule has 0 aliphatic heterocycles. The number of rotatable bonds is 7. The number of guanidine groups is 1. The molecule has 2 aliphatic carbocycles. The van der Waals surface area contributed by atoms with Crippen molar-refractivity contribution in [2.75, 3.05) is 13.2 Å². The van der Waals surface area contributed by atoms with E-state index in [4.69, 9.17) is 9.73 Å². The van der Waals surface area contributed by atoms with Crippen LogP contribution >= 0.6 is 0 Å². The van der Waals surface area contributed by atoms with Crippen LogP contribution in [0.1, 0.15) is 51.0 Å². The van der Waals surface area contributed by atoms with Crippen LogP contribution in [0.3, 0.4) is 0 Å². The van der Waals surface area contributed by atoms with Crippen molar-refractivity contribution < 1.29 is 9.84 Å². The summed E-state index contributed by atoms with van der Waals surface area (Å²) in [5, 5.41) is 16.5. The molecular weight excluding hydrogens is 314 g/mol. The SMILES string of the molecule is CCNC(=NCc1ccccc1OCC1CC1)NC1CCC(O)CC1. The highest BCUT2D eigenvalue weighted by Crippen LogP contribution is 2.30. The summed E-state index contributed by atoms with van der Waals surface area (Å²) < 4.78 is 5.98. The van der Waals surface area contributed by atoms with Crippen LogP contribution in [0, 0.1) is 5.92 Å². The number of hydrogen-bond donors (Lipinski definition) is 3. The largest absolute Gasteiger partial charge is 0.493 e. The molecule has 0 saturated heterocycles. The molecule has 1 aromatic carbocycles. The van der Waals surface area contributed by atoms with E-state index in [1.54, 1.807) is 0 Å². The molecule has 138 valence electrons. The number of aliphatic imine (C=N–C) groups is 1. The van der Waals surface area contributed by atoms with Gasteiger partial charge in [-0.3, -0.25) is 0 Å². The van der Waals surface area contributed by atoms with Gasteiger partial charge in [-0.05, 0) is 57.4 Å². The Balaban J connectivity index is 1.58. The Bertz CT molecular complexity index is 564. The Labute approximate surface area is 150 Å². The van der Waals surface area contributed by atoms with Crippen molar-refractivity contribution >= 4 is 5.96 Å². The molecule has 2 fully saturated rings. The molecule has 0 amide bonds. The standard InChI is InChI=1S/C20H31N3O2/c1-2-21-20(23-17-9-11-18(24)12-10-17)22-13-16-5-3-4-6-19(16)25-14-15-7-8-15/h3-6,15,17-18,24H,2,7-14H2,1H3,(H2,21,22,23). The van der Waals surface area contributed by atoms with Gasteiger partial charge in [-0.15, -0.1) is 0 Å². The van der Waals surface area contributed by atoms with Gasteiger partial charge in [0.1, 0.15) is 5.75 Å². The van der Waals surface area contributed by atoms with Gasteiger partial charge in [0.2, 0.25) is 0 Å². The first-order chi connectivity index (χ1) is 12.2. The second-order valence-corrected chi connectivity index (χ2v) is 7.21. The molecule has 0 atom stereocenters. The molecule has 25 heavy (non-hydrogen) atoms. The third-order valence-corrected chi connectivity index (χ3v) is 4.93. The number of benzene rings is 1. The zero-order valence-electron chi connectivity index (χ0n) is 15.2. The third kappa shape index (κ3) is 5.92. The van der Waals surface area contributed by atoms with Gasteiger partial charge < -0.3 is 20.5 Å². The van der Waals surface area contributed by atoms with Crippen LogP contribution in [-0.4, -0.2) is 36.4 Å². The van der Waals surface area contributed by atoms with E-state index in [0.29, 0.717) is 12.6 Å². The molecule has 0 unspecified atom stereocenters. The quantitative estimate of drug-likeness (QED) is 0.525. The summed E-state index contributed by atoms with van der Waals surface area (Å²) in [4.78, 5) is 4.75. The molecule has 3 N–H and O–H groups in total. The first-order valence-corrected chi connectivity index (χ1v) is 9.68. The van der Waals surface area contributed by atoms with Gasteiger partial charge in [-0.25, -0.2) is 4.99 Å². The predicted molar refractivity (Wildman–Crippen MR) is 101 cm³/mol. The molecule has 3 rings (SSSR count). The topological polar surface area (TPSA) is 65.9 Å². The summed E-state index contributed by atoms with van der Waals surface area (Å²) in [6.45, 7) is 4.34.